The molecule has 1 fully saturated rings. The molecule has 2 atom stereocenters. The Bertz CT molecular complexity index is 304. The minimum absolute atomic E-state index is 0.000469. The molecule has 2 unspecified atom stereocenters. The minimum atomic E-state index is -0.862. The molecule has 0 spiro atoms. The van der Waals surface area contributed by atoms with E-state index in [0.29, 0.717) is 0 Å². The van der Waals surface area contributed by atoms with E-state index in [2.05, 4.69) is 4.74 Å². The van der Waals surface area contributed by atoms with E-state index in [0.717, 1.165) is 0 Å². The normalized spacial score (nSPS) is 27.7. The van der Waals surface area contributed by atoms with E-state index in [4.69, 9.17) is 5.11 Å². The summed E-state index contributed by atoms with van der Waals surface area (Å²) in [6.45, 7) is 3.95. The summed E-state index contributed by atoms with van der Waals surface area (Å²) in [5.41, 5.74) is -0.109. The maximum absolute atomic E-state index is 11.3. The average molecular weight is 212 g/mol. The molecule has 1 rings (SSSR count). The fourth-order valence-electron chi connectivity index (χ4n) is 1.93. The van der Waals surface area contributed by atoms with Crippen molar-refractivity contribution in [3.05, 3.63) is 12.2 Å². The highest BCUT2D eigenvalue weighted by Gasteiger charge is 2.61. The van der Waals surface area contributed by atoms with Gasteiger partial charge in [0, 0.05) is 0 Å². The Balaban J connectivity index is 2.55. The van der Waals surface area contributed by atoms with Gasteiger partial charge in [0.15, 0.2) is 0 Å². The van der Waals surface area contributed by atoms with Gasteiger partial charge in [-0.25, -0.2) is 0 Å². The summed E-state index contributed by atoms with van der Waals surface area (Å²) in [6, 6.07) is 0. The van der Waals surface area contributed by atoms with Gasteiger partial charge in [-0.1, -0.05) is 26.0 Å². The number of carboxylic acids is 1. The number of ether oxygens (including phenoxy) is 1. The predicted octanol–water partition coefficient (Wildman–Crippen LogP) is 1.46. The van der Waals surface area contributed by atoms with Crippen molar-refractivity contribution < 1.29 is 19.4 Å². The van der Waals surface area contributed by atoms with Gasteiger partial charge >= 0.3 is 11.9 Å². The molecule has 4 heteroatoms. The molecular formula is C11H16O4. The predicted molar refractivity (Wildman–Crippen MR) is 54.2 cm³/mol. The number of carboxylic acid groups (broad SMARTS) is 1. The highest BCUT2D eigenvalue weighted by Crippen LogP contribution is 2.59. The first-order chi connectivity index (χ1) is 6.91. The van der Waals surface area contributed by atoms with Crippen molar-refractivity contribution in [1.82, 2.24) is 0 Å². The maximum atomic E-state index is 11.3. The molecular weight excluding hydrogens is 196 g/mol. The lowest BCUT2D eigenvalue weighted by atomic mass is 10.1. The van der Waals surface area contributed by atoms with Crippen LogP contribution in [-0.4, -0.2) is 24.2 Å². The highest BCUT2D eigenvalue weighted by atomic mass is 16.5. The maximum Gasteiger partial charge on any atom is 0.309 e. The summed E-state index contributed by atoms with van der Waals surface area (Å²) in [5.74, 6) is -1.11. The zero-order valence-electron chi connectivity index (χ0n) is 9.19. The molecule has 0 aromatic carbocycles. The topological polar surface area (TPSA) is 63.6 Å². The second-order valence-electron chi connectivity index (χ2n) is 4.37. The fourth-order valence-corrected chi connectivity index (χ4v) is 1.93. The highest BCUT2D eigenvalue weighted by molar-refractivity contribution is 5.78. The molecule has 0 radical (unpaired) electrons. The van der Waals surface area contributed by atoms with Crippen LogP contribution in [0.3, 0.4) is 0 Å². The first kappa shape index (κ1) is 11.8. The quantitative estimate of drug-likeness (QED) is 0.566. The van der Waals surface area contributed by atoms with Gasteiger partial charge in [0.2, 0.25) is 0 Å². The second-order valence-corrected chi connectivity index (χ2v) is 4.37. The van der Waals surface area contributed by atoms with Crippen LogP contribution in [0.15, 0.2) is 12.2 Å². The molecule has 0 amide bonds. The molecule has 1 N–H and O–H groups in total. The smallest absolute Gasteiger partial charge is 0.309 e. The van der Waals surface area contributed by atoms with E-state index in [1.54, 1.807) is 12.2 Å². The third-order valence-corrected chi connectivity index (χ3v) is 3.00. The molecule has 84 valence electrons. The lowest BCUT2D eigenvalue weighted by Gasteiger charge is -1.98. The number of hydrogen-bond donors (Lipinski definition) is 1. The van der Waals surface area contributed by atoms with Gasteiger partial charge in [0.25, 0.3) is 0 Å². The van der Waals surface area contributed by atoms with Crippen LogP contribution in [0, 0.1) is 17.3 Å². The van der Waals surface area contributed by atoms with Crippen LogP contribution in [0.5, 0.6) is 0 Å². The standard InChI is InChI=1S/C11H16O4/c1-11(2)7(5-4-6-8(12)13)9(11)10(14)15-3/h4-5,7,9H,6H2,1-3H3,(H,12,13)/b5-4+. The van der Waals surface area contributed by atoms with Crippen molar-refractivity contribution in [1.29, 1.82) is 0 Å². The SMILES string of the molecule is COC(=O)C1C(/C=C/CC(=O)O)C1(C)C. The minimum Gasteiger partial charge on any atom is -0.481 e. The molecule has 0 aliphatic heterocycles. The molecule has 0 aromatic heterocycles. The van der Waals surface area contributed by atoms with E-state index in [9.17, 15) is 9.59 Å². The van der Waals surface area contributed by atoms with Crippen LogP contribution in [0.25, 0.3) is 0 Å². The average Bonchev–Trinajstić information content (AvgIpc) is 2.67. The number of hydrogen-bond acceptors (Lipinski definition) is 3. The zero-order chi connectivity index (χ0) is 11.6. The van der Waals surface area contributed by atoms with Crippen LogP contribution in [-0.2, 0) is 14.3 Å². The number of carbonyl (C=O) groups is 2. The van der Waals surface area contributed by atoms with E-state index < -0.39 is 5.97 Å². The van der Waals surface area contributed by atoms with Gasteiger partial charge in [-0.05, 0) is 11.3 Å². The van der Waals surface area contributed by atoms with Gasteiger partial charge in [-0.15, -0.1) is 0 Å². The Hall–Kier alpha value is -1.32. The fraction of sp³-hybridized carbons (Fsp3) is 0.636. The van der Waals surface area contributed by atoms with Crippen molar-refractivity contribution in [2.45, 2.75) is 20.3 Å². The van der Waals surface area contributed by atoms with Crippen LogP contribution < -0.4 is 0 Å². The van der Waals surface area contributed by atoms with Gasteiger partial charge in [0.05, 0.1) is 19.4 Å². The monoisotopic (exact) mass is 212 g/mol. The summed E-state index contributed by atoms with van der Waals surface area (Å²) < 4.78 is 4.68. The summed E-state index contributed by atoms with van der Waals surface area (Å²) >= 11 is 0. The van der Waals surface area contributed by atoms with Crippen molar-refractivity contribution in [2.24, 2.45) is 17.3 Å². The number of allylic oxidation sites excluding steroid dienone is 1. The van der Waals surface area contributed by atoms with Crippen molar-refractivity contribution in [2.75, 3.05) is 7.11 Å². The third kappa shape index (κ3) is 2.37. The van der Waals surface area contributed by atoms with Crippen molar-refractivity contribution in [3.8, 4) is 0 Å². The molecule has 15 heavy (non-hydrogen) atoms. The molecule has 1 saturated carbocycles. The first-order valence-corrected chi connectivity index (χ1v) is 4.87. The van der Waals surface area contributed by atoms with E-state index in [-0.39, 0.29) is 29.6 Å². The number of rotatable bonds is 4. The van der Waals surface area contributed by atoms with Gasteiger partial charge in [-0.3, -0.25) is 9.59 Å². The van der Waals surface area contributed by atoms with Gasteiger partial charge < -0.3 is 9.84 Å². The summed E-state index contributed by atoms with van der Waals surface area (Å²) in [5, 5.41) is 8.46. The molecule has 1 aliphatic carbocycles. The van der Waals surface area contributed by atoms with Crippen LogP contribution in [0.2, 0.25) is 0 Å². The molecule has 0 bridgehead atoms. The van der Waals surface area contributed by atoms with Gasteiger partial charge in [-0.2, -0.15) is 0 Å². The van der Waals surface area contributed by atoms with E-state index >= 15 is 0 Å². The Kier molecular flexibility index (Phi) is 3.17. The Morgan fingerprint density at radius 2 is 2.07 bits per heavy atom. The van der Waals surface area contributed by atoms with E-state index in [1.165, 1.54) is 7.11 Å². The second kappa shape index (κ2) is 4.04. The number of aliphatic carboxylic acids is 1. The van der Waals surface area contributed by atoms with Crippen molar-refractivity contribution in [3.63, 3.8) is 0 Å². The lowest BCUT2D eigenvalue weighted by molar-refractivity contribution is -0.143. The lowest BCUT2D eigenvalue weighted by Crippen LogP contribution is -2.07. The summed E-state index contributed by atoms with van der Waals surface area (Å²) in [6.07, 6.45) is 3.40. The van der Waals surface area contributed by atoms with Crippen LogP contribution in [0.1, 0.15) is 20.3 Å². The molecule has 4 nitrogen and oxygen atoms in total. The van der Waals surface area contributed by atoms with Crippen molar-refractivity contribution >= 4 is 11.9 Å². The van der Waals surface area contributed by atoms with E-state index in [1.807, 2.05) is 13.8 Å². The number of methoxy groups -OCH3 is 1. The van der Waals surface area contributed by atoms with Crippen LogP contribution in [0.4, 0.5) is 0 Å². The summed E-state index contributed by atoms with van der Waals surface area (Å²) in [7, 11) is 1.37. The molecule has 0 heterocycles. The Morgan fingerprint density at radius 1 is 1.47 bits per heavy atom. The molecule has 0 saturated heterocycles. The number of carbonyl (C=O) groups excluding carboxylic acids is 1. The third-order valence-electron chi connectivity index (χ3n) is 3.00. The molecule has 1 aliphatic rings. The molecule has 0 aromatic rings. The van der Waals surface area contributed by atoms with Crippen LogP contribution >= 0.6 is 0 Å². The first-order valence-electron chi connectivity index (χ1n) is 4.87. The Morgan fingerprint density at radius 3 is 2.53 bits per heavy atom. The summed E-state index contributed by atoms with van der Waals surface area (Å²) in [4.78, 5) is 21.6. The zero-order valence-corrected chi connectivity index (χ0v) is 9.19. The van der Waals surface area contributed by atoms with Gasteiger partial charge in [0.1, 0.15) is 0 Å². The Labute approximate surface area is 88.9 Å². The number of esters is 1. The largest absolute Gasteiger partial charge is 0.481 e.